The van der Waals surface area contributed by atoms with Gasteiger partial charge in [-0.05, 0) is 11.6 Å². The van der Waals surface area contributed by atoms with Gasteiger partial charge in [-0.15, -0.1) is 0 Å². The number of anilines is 1. The Morgan fingerprint density at radius 3 is 2.52 bits per heavy atom. The summed E-state index contributed by atoms with van der Waals surface area (Å²) in [6, 6.07) is 4.95. The Labute approximate surface area is 143 Å². The van der Waals surface area contributed by atoms with Crippen molar-refractivity contribution in [2.45, 2.75) is 12.6 Å². The fourth-order valence-corrected chi connectivity index (χ4v) is 2.96. The molecule has 0 atom stereocenters. The predicted octanol–water partition coefficient (Wildman–Crippen LogP) is 2.33. The number of carbonyl (C=O) groups is 1. The fourth-order valence-electron chi connectivity index (χ4n) is 2.96. The molecule has 0 bridgehead atoms. The highest BCUT2D eigenvalue weighted by Gasteiger charge is 2.30. The minimum atomic E-state index is -4.40. The summed E-state index contributed by atoms with van der Waals surface area (Å²) in [7, 11) is 1.91. The van der Waals surface area contributed by atoms with Gasteiger partial charge in [0, 0.05) is 45.6 Å². The lowest BCUT2D eigenvalue weighted by atomic mass is 10.1. The van der Waals surface area contributed by atoms with Crippen LogP contribution >= 0.6 is 0 Å². The topological polar surface area (TPSA) is 41.4 Å². The van der Waals surface area contributed by atoms with Crippen molar-refractivity contribution in [3.8, 4) is 0 Å². The van der Waals surface area contributed by atoms with E-state index in [0.717, 1.165) is 18.1 Å². The molecule has 25 heavy (non-hydrogen) atoms. The zero-order valence-electron chi connectivity index (χ0n) is 13.8. The molecule has 0 unspecified atom stereocenters. The average Bonchev–Trinajstić information content (AvgIpc) is 3.00. The van der Waals surface area contributed by atoms with Gasteiger partial charge in [-0.1, -0.05) is 18.2 Å². The molecule has 5 nitrogen and oxygen atoms in total. The molecule has 1 saturated heterocycles. The second-order valence-electron chi connectivity index (χ2n) is 6.08. The lowest BCUT2D eigenvalue weighted by molar-refractivity contribution is -0.138. The van der Waals surface area contributed by atoms with Gasteiger partial charge in [-0.2, -0.15) is 13.2 Å². The van der Waals surface area contributed by atoms with Crippen LogP contribution in [0.3, 0.4) is 0 Å². The van der Waals surface area contributed by atoms with Crippen LogP contribution in [0.1, 0.15) is 11.1 Å². The number of hydrogen-bond donors (Lipinski definition) is 0. The molecule has 3 rings (SSSR count). The van der Waals surface area contributed by atoms with Gasteiger partial charge in [0.05, 0.1) is 12.0 Å². The number of aryl methyl sites for hydroxylation is 1. The number of benzene rings is 1. The van der Waals surface area contributed by atoms with Crippen LogP contribution in [-0.2, 0) is 24.4 Å². The molecule has 8 heteroatoms. The first-order valence-electron chi connectivity index (χ1n) is 8.01. The van der Waals surface area contributed by atoms with Gasteiger partial charge in [0.1, 0.15) is 0 Å². The monoisotopic (exact) mass is 352 g/mol. The average molecular weight is 352 g/mol. The van der Waals surface area contributed by atoms with E-state index in [-0.39, 0.29) is 12.3 Å². The number of rotatable bonds is 3. The van der Waals surface area contributed by atoms with Crippen molar-refractivity contribution in [2.24, 2.45) is 7.05 Å². The molecule has 0 spiro atoms. The summed E-state index contributed by atoms with van der Waals surface area (Å²) in [5.74, 6) is 0.698. The molecule has 0 aliphatic carbocycles. The highest BCUT2D eigenvalue weighted by atomic mass is 19.4. The Morgan fingerprint density at radius 1 is 1.20 bits per heavy atom. The summed E-state index contributed by atoms with van der Waals surface area (Å²) in [6.07, 6.45) is -0.833. The maximum absolute atomic E-state index is 12.8. The zero-order chi connectivity index (χ0) is 18.0. The van der Waals surface area contributed by atoms with Crippen molar-refractivity contribution in [3.63, 3.8) is 0 Å². The molecule has 0 saturated carbocycles. The minimum Gasteiger partial charge on any atom is -0.339 e. The molecular weight excluding hydrogens is 333 g/mol. The molecule has 1 aliphatic heterocycles. The molecule has 0 N–H and O–H groups in total. The second kappa shape index (κ2) is 6.78. The number of nitrogens with zero attached hydrogens (tertiary/aromatic N) is 4. The van der Waals surface area contributed by atoms with Crippen LogP contribution in [0.25, 0.3) is 0 Å². The fraction of sp³-hybridized carbons (Fsp3) is 0.412. The molecule has 134 valence electrons. The first kappa shape index (κ1) is 17.3. The van der Waals surface area contributed by atoms with E-state index < -0.39 is 11.7 Å². The highest BCUT2D eigenvalue weighted by Crippen LogP contribution is 2.29. The quantitative estimate of drug-likeness (QED) is 0.851. The number of imidazole rings is 1. The first-order valence-corrected chi connectivity index (χ1v) is 8.01. The maximum atomic E-state index is 12.8. The van der Waals surface area contributed by atoms with E-state index >= 15 is 0 Å². The Hall–Kier alpha value is -2.51. The molecule has 2 heterocycles. The van der Waals surface area contributed by atoms with Crippen LogP contribution in [0.2, 0.25) is 0 Å². The van der Waals surface area contributed by atoms with Crippen LogP contribution in [0, 0.1) is 0 Å². The van der Waals surface area contributed by atoms with Gasteiger partial charge in [-0.3, -0.25) is 4.79 Å². The van der Waals surface area contributed by atoms with Gasteiger partial charge < -0.3 is 14.4 Å². The number of hydrogen-bond acceptors (Lipinski definition) is 3. The number of alkyl halides is 3. The minimum absolute atomic E-state index is 0.0215. The normalized spacial score (nSPS) is 15.5. The Morgan fingerprint density at radius 2 is 1.92 bits per heavy atom. The molecule has 1 aromatic carbocycles. The summed E-state index contributed by atoms with van der Waals surface area (Å²) in [5.41, 5.74) is -0.344. The van der Waals surface area contributed by atoms with E-state index in [9.17, 15) is 18.0 Å². The largest absolute Gasteiger partial charge is 0.416 e. The van der Waals surface area contributed by atoms with Gasteiger partial charge >= 0.3 is 6.18 Å². The predicted molar refractivity (Wildman–Crippen MR) is 87.1 cm³/mol. The third-order valence-corrected chi connectivity index (χ3v) is 4.32. The summed E-state index contributed by atoms with van der Waals surface area (Å²) >= 11 is 0. The van der Waals surface area contributed by atoms with Crippen LogP contribution in [0.5, 0.6) is 0 Å². The summed E-state index contributed by atoms with van der Waals surface area (Å²) < 4.78 is 40.2. The van der Waals surface area contributed by atoms with Crippen molar-refractivity contribution < 1.29 is 18.0 Å². The van der Waals surface area contributed by atoms with Crippen molar-refractivity contribution in [1.82, 2.24) is 14.5 Å². The van der Waals surface area contributed by atoms with Gasteiger partial charge in [-0.25, -0.2) is 4.98 Å². The van der Waals surface area contributed by atoms with Crippen molar-refractivity contribution >= 4 is 11.9 Å². The van der Waals surface area contributed by atoms with E-state index in [1.54, 1.807) is 17.2 Å². The third kappa shape index (κ3) is 3.94. The van der Waals surface area contributed by atoms with E-state index in [0.29, 0.717) is 31.7 Å². The van der Waals surface area contributed by atoms with Crippen molar-refractivity contribution in [3.05, 3.63) is 47.8 Å². The van der Waals surface area contributed by atoms with E-state index in [2.05, 4.69) is 9.88 Å². The number of halogens is 3. The molecule has 1 amide bonds. The van der Waals surface area contributed by atoms with Gasteiger partial charge in [0.15, 0.2) is 0 Å². The summed E-state index contributed by atoms with van der Waals surface area (Å²) in [6.45, 7) is 2.37. The van der Waals surface area contributed by atoms with Gasteiger partial charge in [0.25, 0.3) is 0 Å². The van der Waals surface area contributed by atoms with Gasteiger partial charge in [0.2, 0.25) is 11.9 Å². The molecular formula is C17H19F3N4O. The SMILES string of the molecule is Cn1ccnc1N1CCN(C(=O)Cc2cccc(C(F)(F)F)c2)CC1. The van der Waals surface area contributed by atoms with Crippen LogP contribution in [0.15, 0.2) is 36.7 Å². The lowest BCUT2D eigenvalue weighted by Crippen LogP contribution is -2.49. The van der Waals surface area contributed by atoms with E-state index in [1.807, 2.05) is 17.8 Å². The number of aromatic nitrogens is 2. The Kier molecular flexibility index (Phi) is 4.69. The summed E-state index contributed by atoms with van der Waals surface area (Å²) in [5, 5.41) is 0. The number of carbonyl (C=O) groups excluding carboxylic acids is 1. The van der Waals surface area contributed by atoms with E-state index in [4.69, 9.17) is 0 Å². The highest BCUT2D eigenvalue weighted by molar-refractivity contribution is 5.79. The van der Waals surface area contributed by atoms with Crippen LogP contribution in [-0.4, -0.2) is 46.5 Å². The molecule has 1 fully saturated rings. The maximum Gasteiger partial charge on any atom is 0.416 e. The molecule has 2 aromatic rings. The van der Waals surface area contributed by atoms with Crippen molar-refractivity contribution in [1.29, 1.82) is 0 Å². The Balaban J connectivity index is 1.59. The number of piperazine rings is 1. The zero-order valence-corrected chi connectivity index (χ0v) is 13.8. The second-order valence-corrected chi connectivity index (χ2v) is 6.08. The smallest absolute Gasteiger partial charge is 0.339 e. The Bertz CT molecular complexity index is 748. The number of amides is 1. The van der Waals surface area contributed by atoms with Crippen LogP contribution < -0.4 is 4.90 Å². The van der Waals surface area contributed by atoms with E-state index in [1.165, 1.54) is 6.07 Å². The van der Waals surface area contributed by atoms with Crippen molar-refractivity contribution in [2.75, 3.05) is 31.1 Å². The summed E-state index contributed by atoms with van der Waals surface area (Å²) in [4.78, 5) is 20.5. The molecule has 0 radical (unpaired) electrons. The molecule has 1 aromatic heterocycles. The molecule has 1 aliphatic rings. The third-order valence-electron chi connectivity index (χ3n) is 4.32. The standard InChI is InChI=1S/C17H19F3N4O/c1-22-6-5-21-16(22)24-9-7-23(8-10-24)15(25)12-13-3-2-4-14(11-13)17(18,19)20/h2-6,11H,7-10,12H2,1H3. The van der Waals surface area contributed by atoms with Crippen LogP contribution in [0.4, 0.5) is 19.1 Å². The lowest BCUT2D eigenvalue weighted by Gasteiger charge is -2.35. The first-order chi connectivity index (χ1) is 11.8.